The largest absolute Gasteiger partial charge is 0.465 e. The number of hydrogen-bond acceptors (Lipinski definition) is 4. The van der Waals surface area contributed by atoms with Crippen molar-refractivity contribution in [3.8, 4) is 0 Å². The molecule has 5 N–H and O–H groups in total. The van der Waals surface area contributed by atoms with E-state index in [-0.39, 0.29) is 17.2 Å². The van der Waals surface area contributed by atoms with Crippen LogP contribution in [0.25, 0.3) is 0 Å². The van der Waals surface area contributed by atoms with Crippen molar-refractivity contribution in [2.24, 2.45) is 5.73 Å². The first-order chi connectivity index (χ1) is 8.99. The highest BCUT2D eigenvalue weighted by atomic mass is 16.4. The van der Waals surface area contributed by atoms with Crippen molar-refractivity contribution < 1.29 is 14.7 Å². The van der Waals surface area contributed by atoms with Gasteiger partial charge >= 0.3 is 6.09 Å². The lowest BCUT2D eigenvalue weighted by Crippen LogP contribution is -2.38. The Kier molecular flexibility index (Phi) is 3.55. The van der Waals surface area contributed by atoms with Gasteiger partial charge in [-0.05, 0) is 18.9 Å². The van der Waals surface area contributed by atoms with E-state index in [4.69, 9.17) is 16.6 Å². The molecule has 1 aromatic heterocycles. The summed E-state index contributed by atoms with van der Waals surface area (Å²) in [6.07, 6.45) is 2.07. The molecule has 0 spiro atoms. The number of nitrogens with two attached hydrogens (primary N) is 2. The number of nitrogens with zero attached hydrogens (tertiary/aromatic N) is 2. The van der Waals surface area contributed by atoms with E-state index in [0.717, 1.165) is 12.8 Å². The molecule has 1 unspecified atom stereocenters. The number of carbonyl (C=O) groups is 2. The number of amides is 2. The Balaban J connectivity index is 2.24. The molecule has 0 saturated carbocycles. The Bertz CT molecular complexity index is 518. The fourth-order valence-electron chi connectivity index (χ4n) is 2.31. The summed E-state index contributed by atoms with van der Waals surface area (Å²) in [5.74, 6) is -0.629. The van der Waals surface area contributed by atoms with Crippen molar-refractivity contribution >= 4 is 17.7 Å². The van der Waals surface area contributed by atoms with Crippen LogP contribution in [0.15, 0.2) is 12.3 Å². The number of rotatable bonds is 2. The minimum atomic E-state index is -0.935. The van der Waals surface area contributed by atoms with Gasteiger partial charge in [-0.3, -0.25) is 9.78 Å². The van der Waals surface area contributed by atoms with Crippen LogP contribution in [0.5, 0.6) is 0 Å². The summed E-state index contributed by atoms with van der Waals surface area (Å²) < 4.78 is 0. The molecule has 0 aliphatic carbocycles. The van der Waals surface area contributed by atoms with Gasteiger partial charge in [0.05, 0.1) is 17.4 Å². The first kappa shape index (κ1) is 13.1. The summed E-state index contributed by atoms with van der Waals surface area (Å²) in [6.45, 7) is 0.911. The van der Waals surface area contributed by atoms with Gasteiger partial charge in [0.2, 0.25) is 0 Å². The maximum absolute atomic E-state index is 11.2. The van der Waals surface area contributed by atoms with Gasteiger partial charge in [0.25, 0.3) is 5.91 Å². The zero-order chi connectivity index (χ0) is 14.0. The molecule has 1 aromatic rings. The first-order valence-electron chi connectivity index (χ1n) is 6.02. The molecule has 2 heterocycles. The Labute approximate surface area is 110 Å². The number of anilines is 1. The molecule has 2 amide bonds. The molecular weight excluding hydrogens is 248 g/mol. The average molecular weight is 264 g/mol. The van der Waals surface area contributed by atoms with Crippen molar-refractivity contribution in [1.29, 1.82) is 0 Å². The van der Waals surface area contributed by atoms with Crippen LogP contribution < -0.4 is 11.5 Å². The minimum Gasteiger partial charge on any atom is -0.465 e. The molecule has 0 bridgehead atoms. The van der Waals surface area contributed by atoms with Gasteiger partial charge in [0.1, 0.15) is 0 Å². The van der Waals surface area contributed by atoms with Gasteiger partial charge in [-0.1, -0.05) is 0 Å². The SMILES string of the molecule is NC(=O)c1cc(C2CCCN(C(=O)O)C2)ncc1N. The summed E-state index contributed by atoms with van der Waals surface area (Å²) in [5, 5.41) is 9.00. The number of piperidine rings is 1. The number of carbonyl (C=O) groups excluding carboxylic acids is 1. The second-order valence-electron chi connectivity index (χ2n) is 4.63. The molecule has 1 saturated heterocycles. The van der Waals surface area contributed by atoms with Crippen LogP contribution in [-0.4, -0.2) is 40.1 Å². The van der Waals surface area contributed by atoms with E-state index in [1.54, 1.807) is 6.07 Å². The smallest absolute Gasteiger partial charge is 0.407 e. The first-order valence-corrected chi connectivity index (χ1v) is 6.02. The second kappa shape index (κ2) is 5.13. The van der Waals surface area contributed by atoms with Crippen LogP contribution in [0.3, 0.4) is 0 Å². The van der Waals surface area contributed by atoms with Crippen molar-refractivity contribution in [2.45, 2.75) is 18.8 Å². The number of aromatic nitrogens is 1. The monoisotopic (exact) mass is 264 g/mol. The van der Waals surface area contributed by atoms with Gasteiger partial charge in [0.15, 0.2) is 0 Å². The number of hydrogen-bond donors (Lipinski definition) is 3. The molecule has 1 atom stereocenters. The lowest BCUT2D eigenvalue weighted by Gasteiger charge is -2.30. The highest BCUT2D eigenvalue weighted by molar-refractivity contribution is 5.97. The standard InChI is InChI=1S/C12H16N4O3/c13-9-5-15-10(4-8(9)11(14)17)7-2-1-3-16(6-7)12(18)19/h4-5,7H,1-3,6,13H2,(H2,14,17)(H,18,19). The fourth-order valence-corrected chi connectivity index (χ4v) is 2.31. The predicted octanol–water partition coefficient (Wildman–Crippen LogP) is 0.620. The van der Waals surface area contributed by atoms with Crippen LogP contribution in [0, 0.1) is 0 Å². The molecule has 1 fully saturated rings. The van der Waals surface area contributed by atoms with Crippen LogP contribution in [-0.2, 0) is 0 Å². The van der Waals surface area contributed by atoms with E-state index in [1.165, 1.54) is 11.1 Å². The van der Waals surface area contributed by atoms with E-state index in [9.17, 15) is 9.59 Å². The molecule has 7 heteroatoms. The third-order valence-corrected chi connectivity index (χ3v) is 3.33. The normalized spacial score (nSPS) is 19.2. The average Bonchev–Trinajstić information content (AvgIpc) is 2.39. The number of nitrogen functional groups attached to an aromatic ring is 1. The minimum absolute atomic E-state index is 0.0245. The summed E-state index contributed by atoms with van der Waals surface area (Å²) in [5.41, 5.74) is 12.0. The van der Waals surface area contributed by atoms with Crippen LogP contribution in [0.4, 0.5) is 10.5 Å². The molecule has 1 aliphatic rings. The zero-order valence-electron chi connectivity index (χ0n) is 10.4. The molecule has 2 rings (SSSR count). The molecule has 0 aromatic carbocycles. The summed E-state index contributed by atoms with van der Waals surface area (Å²) >= 11 is 0. The van der Waals surface area contributed by atoms with Crippen molar-refractivity contribution in [3.63, 3.8) is 0 Å². The van der Waals surface area contributed by atoms with Crippen molar-refractivity contribution in [3.05, 3.63) is 23.5 Å². The summed E-state index contributed by atoms with van der Waals surface area (Å²) in [7, 11) is 0. The van der Waals surface area contributed by atoms with E-state index < -0.39 is 12.0 Å². The zero-order valence-corrected chi connectivity index (χ0v) is 10.4. The molecular formula is C12H16N4O3. The van der Waals surface area contributed by atoms with E-state index >= 15 is 0 Å². The third kappa shape index (κ3) is 2.75. The number of primary amides is 1. The topological polar surface area (TPSA) is 123 Å². The number of pyridine rings is 1. The molecule has 1 aliphatic heterocycles. The summed E-state index contributed by atoms with van der Waals surface area (Å²) in [4.78, 5) is 27.8. The molecule has 19 heavy (non-hydrogen) atoms. The maximum atomic E-state index is 11.2. The summed E-state index contributed by atoms with van der Waals surface area (Å²) in [6, 6.07) is 1.56. The Hall–Kier alpha value is -2.31. The maximum Gasteiger partial charge on any atom is 0.407 e. The quantitative estimate of drug-likeness (QED) is 0.722. The highest BCUT2D eigenvalue weighted by Gasteiger charge is 2.26. The van der Waals surface area contributed by atoms with Gasteiger partial charge in [0, 0.05) is 24.7 Å². The van der Waals surface area contributed by atoms with Crippen LogP contribution in [0.2, 0.25) is 0 Å². The Morgan fingerprint density at radius 2 is 2.21 bits per heavy atom. The highest BCUT2D eigenvalue weighted by Crippen LogP contribution is 2.27. The van der Waals surface area contributed by atoms with E-state index in [1.807, 2.05) is 0 Å². The van der Waals surface area contributed by atoms with Gasteiger partial charge in [-0.2, -0.15) is 0 Å². The van der Waals surface area contributed by atoms with Crippen molar-refractivity contribution in [2.75, 3.05) is 18.8 Å². The molecule has 102 valence electrons. The number of likely N-dealkylation sites (tertiary alicyclic amines) is 1. The van der Waals surface area contributed by atoms with Gasteiger partial charge in [-0.25, -0.2) is 4.79 Å². The Morgan fingerprint density at radius 3 is 2.84 bits per heavy atom. The Morgan fingerprint density at radius 1 is 1.47 bits per heavy atom. The van der Waals surface area contributed by atoms with Gasteiger partial charge < -0.3 is 21.5 Å². The molecule has 7 nitrogen and oxygen atoms in total. The molecule has 0 radical (unpaired) electrons. The van der Waals surface area contributed by atoms with Crippen LogP contribution in [0.1, 0.15) is 34.8 Å². The third-order valence-electron chi connectivity index (χ3n) is 3.33. The van der Waals surface area contributed by atoms with Crippen LogP contribution >= 0.6 is 0 Å². The van der Waals surface area contributed by atoms with E-state index in [0.29, 0.717) is 18.8 Å². The van der Waals surface area contributed by atoms with E-state index in [2.05, 4.69) is 4.98 Å². The lowest BCUT2D eigenvalue weighted by molar-refractivity contribution is 0.1000. The second-order valence-corrected chi connectivity index (χ2v) is 4.63. The number of carboxylic acid groups (broad SMARTS) is 1. The van der Waals surface area contributed by atoms with Crippen molar-refractivity contribution in [1.82, 2.24) is 9.88 Å². The predicted molar refractivity (Wildman–Crippen MR) is 68.7 cm³/mol. The lowest BCUT2D eigenvalue weighted by atomic mass is 9.93. The van der Waals surface area contributed by atoms with Gasteiger partial charge in [-0.15, -0.1) is 0 Å². The fraction of sp³-hybridized carbons (Fsp3) is 0.417.